The van der Waals surface area contributed by atoms with E-state index in [1.54, 1.807) is 0 Å². The first-order chi connectivity index (χ1) is 18.0. The summed E-state index contributed by atoms with van der Waals surface area (Å²) in [5.74, 6) is 3.14. The highest BCUT2D eigenvalue weighted by molar-refractivity contribution is 7.80. The first-order valence-electron chi connectivity index (χ1n) is 13.2. The average molecular weight is 536 g/mol. The third kappa shape index (κ3) is 6.51. The number of thiocarbonyl (C=S) groups is 1. The second kappa shape index (κ2) is 11.7. The molecule has 0 unspecified atom stereocenters. The maximum absolute atomic E-state index is 6.15. The molecule has 2 aliphatic rings. The zero-order valence-electron chi connectivity index (χ0n) is 21.3. The molecule has 5 rings (SSSR count). The standard InChI is InChI=1S/C29H34ClN5OS/c1-21-8-7-17-35(19-21)25-18-26(36-24-9-3-2-4-10-24)33-27(32-25)34-28(37)31-20-29(15-5-6-16-29)22-11-13-23(30)14-12-22/h2-4,9-14,18,21H,5-8,15-17,19-20H2,1H3,(H2,31,32,33,34,37)/t21-/m1/s1. The van der Waals surface area contributed by atoms with Crippen LogP contribution in [0.25, 0.3) is 0 Å². The van der Waals surface area contributed by atoms with Crippen molar-refractivity contribution in [1.29, 1.82) is 0 Å². The van der Waals surface area contributed by atoms with E-state index in [2.05, 4.69) is 39.6 Å². The highest BCUT2D eigenvalue weighted by Gasteiger charge is 2.35. The molecule has 194 valence electrons. The number of nitrogens with zero attached hydrogens (tertiary/aromatic N) is 3. The molecule has 1 atom stereocenters. The molecule has 6 nitrogen and oxygen atoms in total. The van der Waals surface area contributed by atoms with Crippen molar-refractivity contribution in [2.45, 2.75) is 50.9 Å². The van der Waals surface area contributed by atoms with Crippen LogP contribution in [0.3, 0.4) is 0 Å². The number of piperidine rings is 1. The van der Waals surface area contributed by atoms with Crippen LogP contribution in [0.2, 0.25) is 5.02 Å². The number of nitrogens with one attached hydrogen (secondary N) is 2. The van der Waals surface area contributed by atoms with Crippen LogP contribution in [0.1, 0.15) is 51.0 Å². The van der Waals surface area contributed by atoms with Crippen LogP contribution in [-0.2, 0) is 5.41 Å². The molecule has 37 heavy (non-hydrogen) atoms. The molecule has 1 aromatic heterocycles. The molecule has 8 heteroatoms. The molecular weight excluding hydrogens is 502 g/mol. The van der Waals surface area contributed by atoms with Crippen molar-refractivity contribution in [3.8, 4) is 11.6 Å². The van der Waals surface area contributed by atoms with Crippen molar-refractivity contribution in [2.24, 2.45) is 5.92 Å². The Labute approximate surface area is 229 Å². The van der Waals surface area contributed by atoms with Crippen LogP contribution in [0, 0.1) is 5.92 Å². The first kappa shape index (κ1) is 25.7. The fourth-order valence-corrected chi connectivity index (χ4v) is 5.80. The lowest BCUT2D eigenvalue weighted by Crippen LogP contribution is -2.41. The molecular formula is C29H34ClN5OS. The highest BCUT2D eigenvalue weighted by Crippen LogP contribution is 2.41. The second-order valence-electron chi connectivity index (χ2n) is 10.3. The van der Waals surface area contributed by atoms with E-state index in [4.69, 9.17) is 33.5 Å². The summed E-state index contributed by atoms with van der Waals surface area (Å²) in [5.41, 5.74) is 1.35. The second-order valence-corrected chi connectivity index (χ2v) is 11.1. The monoisotopic (exact) mass is 535 g/mol. The molecule has 3 aromatic rings. The maximum atomic E-state index is 6.15. The smallest absolute Gasteiger partial charge is 0.234 e. The normalized spacial score (nSPS) is 18.9. The van der Waals surface area contributed by atoms with Gasteiger partial charge >= 0.3 is 0 Å². The summed E-state index contributed by atoms with van der Waals surface area (Å²) in [6, 6.07) is 19.8. The lowest BCUT2D eigenvalue weighted by Gasteiger charge is -2.32. The van der Waals surface area contributed by atoms with Gasteiger partial charge in [0.25, 0.3) is 0 Å². The van der Waals surface area contributed by atoms with Gasteiger partial charge in [-0.1, -0.05) is 61.7 Å². The van der Waals surface area contributed by atoms with Crippen LogP contribution >= 0.6 is 23.8 Å². The lowest BCUT2D eigenvalue weighted by atomic mass is 9.79. The number of anilines is 2. The third-order valence-electron chi connectivity index (χ3n) is 7.47. The Morgan fingerprint density at radius 3 is 2.57 bits per heavy atom. The summed E-state index contributed by atoms with van der Waals surface area (Å²) >= 11 is 11.9. The molecule has 1 saturated heterocycles. The van der Waals surface area contributed by atoms with Gasteiger partial charge in [0.15, 0.2) is 5.11 Å². The average Bonchev–Trinajstić information content (AvgIpc) is 3.39. The van der Waals surface area contributed by atoms with Gasteiger partial charge in [0.2, 0.25) is 11.8 Å². The van der Waals surface area contributed by atoms with Crippen molar-refractivity contribution in [1.82, 2.24) is 15.3 Å². The summed E-state index contributed by atoms with van der Waals surface area (Å²) in [6.07, 6.45) is 7.06. The Hall–Kier alpha value is -2.90. The van der Waals surface area contributed by atoms with Crippen LogP contribution in [0.5, 0.6) is 11.6 Å². The predicted octanol–water partition coefficient (Wildman–Crippen LogP) is 6.96. The molecule has 1 aliphatic heterocycles. The van der Waals surface area contributed by atoms with Crippen LogP contribution in [0.15, 0.2) is 60.7 Å². The van der Waals surface area contributed by atoms with Crippen LogP contribution < -0.4 is 20.3 Å². The Bertz CT molecular complexity index is 1200. The fraction of sp³-hybridized carbons (Fsp3) is 0.414. The predicted molar refractivity (Wildman–Crippen MR) is 155 cm³/mol. The van der Waals surface area contributed by atoms with Crippen molar-refractivity contribution in [3.63, 3.8) is 0 Å². The molecule has 1 saturated carbocycles. The van der Waals surface area contributed by atoms with E-state index >= 15 is 0 Å². The Balaban J connectivity index is 1.32. The largest absolute Gasteiger partial charge is 0.439 e. The van der Waals surface area contributed by atoms with Gasteiger partial charge in [-0.3, -0.25) is 0 Å². The van der Waals surface area contributed by atoms with Gasteiger partial charge < -0.3 is 20.3 Å². The maximum Gasteiger partial charge on any atom is 0.234 e. The summed E-state index contributed by atoms with van der Waals surface area (Å²) < 4.78 is 6.09. The van der Waals surface area contributed by atoms with Crippen molar-refractivity contribution < 1.29 is 4.74 Å². The van der Waals surface area contributed by atoms with E-state index in [-0.39, 0.29) is 5.41 Å². The lowest BCUT2D eigenvalue weighted by molar-refractivity contribution is 0.435. The van der Waals surface area contributed by atoms with Gasteiger partial charge in [0.05, 0.1) is 0 Å². The van der Waals surface area contributed by atoms with Gasteiger partial charge in [-0.05, 0) is 73.6 Å². The Kier molecular flexibility index (Phi) is 8.11. The van der Waals surface area contributed by atoms with E-state index in [9.17, 15) is 0 Å². The zero-order valence-corrected chi connectivity index (χ0v) is 22.8. The minimum atomic E-state index is 0.0462. The molecule has 2 fully saturated rings. The van der Waals surface area contributed by atoms with Gasteiger partial charge in [0, 0.05) is 36.1 Å². The number of ether oxygens (including phenoxy) is 1. The number of para-hydroxylation sites is 1. The van der Waals surface area contributed by atoms with Crippen molar-refractivity contribution in [2.75, 3.05) is 29.9 Å². The summed E-state index contributed by atoms with van der Waals surface area (Å²) in [5, 5.41) is 7.96. The molecule has 2 heterocycles. The summed E-state index contributed by atoms with van der Waals surface area (Å²) in [7, 11) is 0. The molecule has 2 N–H and O–H groups in total. The number of halogens is 1. The molecule has 0 amide bonds. The Morgan fingerprint density at radius 2 is 1.84 bits per heavy atom. The van der Waals surface area contributed by atoms with E-state index in [0.29, 0.717) is 22.9 Å². The quantitative estimate of drug-likeness (QED) is 0.317. The number of aromatic nitrogens is 2. The highest BCUT2D eigenvalue weighted by atomic mass is 35.5. The molecule has 0 spiro atoms. The number of hydrogen-bond acceptors (Lipinski definition) is 5. The number of rotatable bonds is 7. The number of benzene rings is 2. The topological polar surface area (TPSA) is 62.3 Å². The van der Waals surface area contributed by atoms with Gasteiger partial charge in [-0.2, -0.15) is 9.97 Å². The summed E-state index contributed by atoms with van der Waals surface area (Å²) in [6.45, 7) is 4.97. The molecule has 1 aliphatic carbocycles. The van der Waals surface area contributed by atoms with Gasteiger partial charge in [-0.25, -0.2) is 0 Å². The minimum absolute atomic E-state index is 0.0462. The fourth-order valence-electron chi connectivity index (χ4n) is 5.51. The SMILES string of the molecule is C[C@@H]1CCCN(c2cc(Oc3ccccc3)nc(NC(=S)NCC3(c4ccc(Cl)cc4)CCCC3)n2)C1. The molecule has 0 radical (unpaired) electrons. The van der Waals surface area contributed by atoms with Gasteiger partial charge in [0.1, 0.15) is 11.6 Å². The van der Waals surface area contributed by atoms with Crippen molar-refractivity contribution in [3.05, 3.63) is 71.2 Å². The van der Waals surface area contributed by atoms with Gasteiger partial charge in [-0.15, -0.1) is 0 Å². The van der Waals surface area contributed by atoms with Crippen molar-refractivity contribution >= 4 is 40.7 Å². The third-order valence-corrected chi connectivity index (χ3v) is 7.96. The van der Waals surface area contributed by atoms with E-state index in [1.807, 2.05) is 48.5 Å². The van der Waals surface area contributed by atoms with E-state index in [0.717, 1.165) is 55.5 Å². The number of hydrogen-bond donors (Lipinski definition) is 2. The summed E-state index contributed by atoms with van der Waals surface area (Å²) in [4.78, 5) is 11.8. The van der Waals surface area contributed by atoms with Crippen LogP contribution in [0.4, 0.5) is 11.8 Å². The molecule has 0 bridgehead atoms. The van der Waals surface area contributed by atoms with E-state index < -0.39 is 0 Å². The van der Waals surface area contributed by atoms with E-state index in [1.165, 1.54) is 24.8 Å². The van der Waals surface area contributed by atoms with Crippen LogP contribution in [-0.4, -0.2) is 34.7 Å². The minimum Gasteiger partial charge on any atom is -0.439 e. The first-order valence-corrected chi connectivity index (χ1v) is 14.0. The zero-order chi connectivity index (χ0) is 25.7. The molecule has 2 aromatic carbocycles. The Morgan fingerprint density at radius 1 is 1.08 bits per heavy atom.